The number of halogens is 1. The first-order valence-electron chi connectivity index (χ1n) is 4.37. The quantitative estimate of drug-likeness (QED) is 0.245. The zero-order chi connectivity index (χ0) is 11.7. The molecule has 1 unspecified atom stereocenters. The van der Waals surface area contributed by atoms with Crippen LogP contribution in [0.3, 0.4) is 0 Å². The largest absolute Gasteiger partial charge is 0.368 e. The Balaban J connectivity index is 3.70. The maximum absolute atomic E-state index is 12.1. The van der Waals surface area contributed by atoms with Gasteiger partial charge in [0, 0.05) is 13.6 Å². The molecule has 0 heterocycles. The zero-order valence-electron chi connectivity index (χ0n) is 8.87. The molecule has 0 fully saturated rings. The van der Waals surface area contributed by atoms with Crippen molar-refractivity contribution in [3.63, 3.8) is 0 Å². The number of aliphatic imine (C=N–C) groups is 1. The maximum atomic E-state index is 12.1. The third kappa shape index (κ3) is 6.83. The second-order valence-electron chi connectivity index (χ2n) is 2.68. The first-order chi connectivity index (χ1) is 7.13. The maximum Gasteiger partial charge on any atom is 0.212 e. The van der Waals surface area contributed by atoms with Crippen LogP contribution in [0.4, 0.5) is 4.39 Å². The van der Waals surface area contributed by atoms with Gasteiger partial charge in [-0.05, 0) is 12.5 Å². The van der Waals surface area contributed by atoms with E-state index in [-0.39, 0.29) is 19.1 Å². The Morgan fingerprint density at radius 1 is 1.67 bits per heavy atom. The van der Waals surface area contributed by atoms with Gasteiger partial charge in [0.2, 0.25) is 5.96 Å². The molecule has 0 saturated carbocycles. The first kappa shape index (κ1) is 13.8. The fraction of sp³-hybridized carbons (Fsp3) is 0.625. The number of hydroxylamine groups is 1. The SMILES string of the molecule is CN=C(N)NOC(C)OC/C(=C/F)CN. The summed E-state index contributed by atoms with van der Waals surface area (Å²) in [5, 5.41) is 0. The van der Waals surface area contributed by atoms with Gasteiger partial charge >= 0.3 is 0 Å². The molecule has 0 radical (unpaired) electrons. The zero-order valence-corrected chi connectivity index (χ0v) is 8.87. The average Bonchev–Trinajstić information content (AvgIpc) is 2.27. The van der Waals surface area contributed by atoms with Crippen molar-refractivity contribution in [1.82, 2.24) is 5.48 Å². The monoisotopic (exact) mass is 220 g/mol. The lowest BCUT2D eigenvalue weighted by atomic mass is 10.3. The summed E-state index contributed by atoms with van der Waals surface area (Å²) in [5.74, 6) is 0.130. The minimum atomic E-state index is -0.591. The number of ether oxygens (including phenoxy) is 1. The Morgan fingerprint density at radius 2 is 2.33 bits per heavy atom. The Kier molecular flexibility index (Phi) is 7.51. The lowest BCUT2D eigenvalue weighted by Gasteiger charge is -2.14. The highest BCUT2D eigenvalue weighted by Crippen LogP contribution is 1.98. The standard InChI is InChI=1S/C8H17FN4O2/c1-6(15-13-8(11)12-2)14-5-7(3-9)4-10/h3,6H,4-5,10H2,1-2H3,(H3,11,12,13)/b7-3+. The number of nitrogens with two attached hydrogens (primary N) is 2. The highest BCUT2D eigenvalue weighted by atomic mass is 19.1. The van der Waals surface area contributed by atoms with E-state index in [2.05, 4.69) is 10.5 Å². The summed E-state index contributed by atoms with van der Waals surface area (Å²) in [5.41, 5.74) is 13.2. The van der Waals surface area contributed by atoms with Crippen LogP contribution in [0.15, 0.2) is 16.9 Å². The van der Waals surface area contributed by atoms with Crippen LogP contribution in [0.1, 0.15) is 6.92 Å². The second-order valence-corrected chi connectivity index (χ2v) is 2.68. The first-order valence-corrected chi connectivity index (χ1v) is 4.37. The topological polar surface area (TPSA) is 94.9 Å². The van der Waals surface area contributed by atoms with E-state index in [0.717, 1.165) is 0 Å². The average molecular weight is 220 g/mol. The smallest absolute Gasteiger partial charge is 0.212 e. The molecule has 15 heavy (non-hydrogen) atoms. The van der Waals surface area contributed by atoms with Crippen molar-refractivity contribution in [3.8, 4) is 0 Å². The summed E-state index contributed by atoms with van der Waals surface area (Å²) in [6, 6.07) is 0. The molecule has 1 atom stereocenters. The molecular formula is C8H17FN4O2. The Labute approximate surface area is 88.1 Å². The van der Waals surface area contributed by atoms with Gasteiger partial charge in [-0.2, -0.15) is 0 Å². The molecule has 6 nitrogen and oxygen atoms in total. The number of nitrogens with one attached hydrogen (secondary N) is 1. The van der Waals surface area contributed by atoms with Gasteiger partial charge in [-0.1, -0.05) is 0 Å². The number of rotatable bonds is 6. The summed E-state index contributed by atoms with van der Waals surface area (Å²) in [6.07, 6.45) is -0.172. The molecule has 0 aliphatic carbocycles. The molecule has 0 aliphatic heterocycles. The molecule has 0 rings (SSSR count). The van der Waals surface area contributed by atoms with E-state index in [9.17, 15) is 4.39 Å². The van der Waals surface area contributed by atoms with Crippen LogP contribution >= 0.6 is 0 Å². The Hall–Kier alpha value is -1.18. The van der Waals surface area contributed by atoms with Crippen molar-refractivity contribution in [2.24, 2.45) is 16.5 Å². The van der Waals surface area contributed by atoms with Gasteiger partial charge in [0.15, 0.2) is 6.29 Å². The Morgan fingerprint density at radius 3 is 2.80 bits per heavy atom. The van der Waals surface area contributed by atoms with Crippen LogP contribution in [0.5, 0.6) is 0 Å². The van der Waals surface area contributed by atoms with Crippen LogP contribution in [0.2, 0.25) is 0 Å². The van der Waals surface area contributed by atoms with E-state index in [1.54, 1.807) is 6.92 Å². The minimum Gasteiger partial charge on any atom is -0.368 e. The normalized spacial score (nSPS) is 15.2. The molecule has 0 aromatic carbocycles. The Bertz CT molecular complexity index is 233. The molecule has 0 aliphatic rings. The van der Waals surface area contributed by atoms with Gasteiger partial charge in [0.1, 0.15) is 0 Å². The van der Waals surface area contributed by atoms with Crippen LogP contribution in [-0.4, -0.2) is 32.4 Å². The third-order valence-corrected chi connectivity index (χ3v) is 1.49. The molecule has 0 aromatic heterocycles. The van der Waals surface area contributed by atoms with Crippen molar-refractivity contribution in [3.05, 3.63) is 11.9 Å². The molecule has 0 aromatic rings. The summed E-state index contributed by atoms with van der Waals surface area (Å²) in [6.45, 7) is 1.80. The molecule has 5 N–H and O–H groups in total. The van der Waals surface area contributed by atoms with Gasteiger partial charge in [0.05, 0.1) is 12.9 Å². The summed E-state index contributed by atoms with van der Waals surface area (Å²) in [7, 11) is 1.51. The number of guanidine groups is 1. The number of hydrogen-bond donors (Lipinski definition) is 3. The highest BCUT2D eigenvalue weighted by Gasteiger charge is 2.04. The van der Waals surface area contributed by atoms with Crippen LogP contribution < -0.4 is 16.9 Å². The van der Waals surface area contributed by atoms with Gasteiger partial charge in [-0.15, -0.1) is 0 Å². The summed E-state index contributed by atoms with van der Waals surface area (Å²) < 4.78 is 17.2. The lowest BCUT2D eigenvalue weighted by molar-refractivity contribution is -0.148. The molecule has 7 heteroatoms. The highest BCUT2D eigenvalue weighted by molar-refractivity contribution is 5.76. The molecule has 0 saturated heterocycles. The van der Waals surface area contributed by atoms with Crippen LogP contribution in [-0.2, 0) is 9.57 Å². The predicted molar refractivity (Wildman–Crippen MR) is 55.4 cm³/mol. The molecule has 0 spiro atoms. The van der Waals surface area contributed by atoms with E-state index < -0.39 is 6.29 Å². The molecule has 88 valence electrons. The van der Waals surface area contributed by atoms with Gasteiger partial charge in [-0.25, -0.2) is 14.7 Å². The third-order valence-electron chi connectivity index (χ3n) is 1.49. The van der Waals surface area contributed by atoms with Crippen molar-refractivity contribution in [2.75, 3.05) is 20.2 Å². The van der Waals surface area contributed by atoms with Crippen LogP contribution in [0, 0.1) is 0 Å². The van der Waals surface area contributed by atoms with Gasteiger partial charge < -0.3 is 16.2 Å². The predicted octanol–water partition coefficient (Wildman–Crippen LogP) is -0.373. The van der Waals surface area contributed by atoms with E-state index in [1.807, 2.05) is 0 Å². The van der Waals surface area contributed by atoms with E-state index >= 15 is 0 Å². The van der Waals surface area contributed by atoms with E-state index in [4.69, 9.17) is 21.0 Å². The second kappa shape index (κ2) is 8.16. The fourth-order valence-corrected chi connectivity index (χ4v) is 0.582. The summed E-state index contributed by atoms with van der Waals surface area (Å²) >= 11 is 0. The molecular weight excluding hydrogens is 203 g/mol. The van der Waals surface area contributed by atoms with Gasteiger partial charge in [-0.3, -0.25) is 4.99 Å². The molecule has 0 amide bonds. The lowest BCUT2D eigenvalue weighted by Crippen LogP contribution is -2.35. The molecule has 0 bridgehead atoms. The summed E-state index contributed by atoms with van der Waals surface area (Å²) in [4.78, 5) is 8.51. The minimum absolute atomic E-state index is 0.0685. The van der Waals surface area contributed by atoms with Crippen molar-refractivity contribution in [2.45, 2.75) is 13.2 Å². The van der Waals surface area contributed by atoms with E-state index in [1.165, 1.54) is 7.05 Å². The number of hydrogen-bond acceptors (Lipinski definition) is 4. The van der Waals surface area contributed by atoms with Crippen molar-refractivity contribution in [1.29, 1.82) is 0 Å². The van der Waals surface area contributed by atoms with Crippen LogP contribution in [0.25, 0.3) is 0 Å². The fourth-order valence-electron chi connectivity index (χ4n) is 0.582. The van der Waals surface area contributed by atoms with Crippen molar-refractivity contribution < 1.29 is 14.0 Å². The number of nitrogens with zero attached hydrogens (tertiary/aromatic N) is 1. The van der Waals surface area contributed by atoms with Gasteiger partial charge in [0.25, 0.3) is 0 Å². The van der Waals surface area contributed by atoms with E-state index in [0.29, 0.717) is 11.9 Å². The van der Waals surface area contributed by atoms with Crippen molar-refractivity contribution >= 4 is 5.96 Å².